The molecule has 0 aromatic heterocycles. The lowest BCUT2D eigenvalue weighted by Gasteiger charge is -2.08. The molecule has 0 atom stereocenters. The predicted molar refractivity (Wildman–Crippen MR) is 65.5 cm³/mol. The maximum absolute atomic E-state index is 11.5. The van der Waals surface area contributed by atoms with Crippen molar-refractivity contribution in [2.24, 2.45) is 5.92 Å². The summed E-state index contributed by atoms with van der Waals surface area (Å²) in [5.41, 5.74) is 0. The predicted octanol–water partition coefficient (Wildman–Crippen LogP) is 2.03. The topological polar surface area (TPSA) is 55.4 Å². The van der Waals surface area contributed by atoms with Crippen LogP contribution in [0.5, 0.6) is 0 Å². The van der Waals surface area contributed by atoms with Gasteiger partial charge in [-0.15, -0.1) is 0 Å². The summed E-state index contributed by atoms with van der Waals surface area (Å²) in [6, 6.07) is 0. The van der Waals surface area contributed by atoms with Crippen molar-refractivity contribution in [2.75, 3.05) is 13.2 Å². The van der Waals surface area contributed by atoms with Crippen LogP contribution in [0.25, 0.3) is 0 Å². The van der Waals surface area contributed by atoms with Crippen LogP contribution in [-0.2, 0) is 14.3 Å². The number of amides is 1. The summed E-state index contributed by atoms with van der Waals surface area (Å²) in [5.74, 6) is 0.551. The molecular weight excluding hydrogens is 218 g/mol. The third-order valence-electron chi connectivity index (χ3n) is 3.21. The van der Waals surface area contributed by atoms with E-state index in [0.29, 0.717) is 19.6 Å². The number of carbonyl (C=O) groups is 2. The zero-order valence-corrected chi connectivity index (χ0v) is 10.7. The van der Waals surface area contributed by atoms with Crippen molar-refractivity contribution < 1.29 is 14.3 Å². The third-order valence-corrected chi connectivity index (χ3v) is 3.21. The summed E-state index contributed by atoms with van der Waals surface area (Å²) in [4.78, 5) is 22.5. The van der Waals surface area contributed by atoms with E-state index in [9.17, 15) is 9.59 Å². The molecule has 0 saturated heterocycles. The Labute approximate surface area is 103 Å². The molecular formula is C13H23NO3. The van der Waals surface area contributed by atoms with Crippen molar-refractivity contribution in [1.29, 1.82) is 0 Å². The lowest BCUT2D eigenvalue weighted by molar-refractivity contribution is -0.143. The molecule has 1 fully saturated rings. The molecule has 0 aromatic carbocycles. The van der Waals surface area contributed by atoms with E-state index < -0.39 is 0 Å². The second kappa shape index (κ2) is 8.09. The zero-order valence-electron chi connectivity index (χ0n) is 10.7. The Hall–Kier alpha value is -1.06. The van der Waals surface area contributed by atoms with Gasteiger partial charge in [0.15, 0.2) is 0 Å². The average Bonchev–Trinajstić information content (AvgIpc) is 2.79. The van der Waals surface area contributed by atoms with Crippen molar-refractivity contribution in [3.63, 3.8) is 0 Å². The Morgan fingerprint density at radius 3 is 2.59 bits per heavy atom. The van der Waals surface area contributed by atoms with Crippen LogP contribution in [0.15, 0.2) is 0 Å². The highest BCUT2D eigenvalue weighted by Crippen LogP contribution is 2.28. The summed E-state index contributed by atoms with van der Waals surface area (Å²) >= 11 is 0. The molecule has 1 amide bonds. The maximum Gasteiger partial charge on any atom is 0.307 e. The highest BCUT2D eigenvalue weighted by Gasteiger charge is 2.16. The minimum atomic E-state index is -0.247. The zero-order chi connectivity index (χ0) is 12.5. The average molecular weight is 241 g/mol. The standard InChI is InChI=1S/C13H23NO3/c1-2-17-13(16)9-10-14-12(15)8-7-11-5-3-4-6-11/h11H,2-10H2,1H3,(H,14,15). The summed E-state index contributed by atoms with van der Waals surface area (Å²) in [6.07, 6.45) is 7.03. The minimum absolute atomic E-state index is 0.0567. The Bertz CT molecular complexity index is 247. The first-order valence-electron chi connectivity index (χ1n) is 6.64. The van der Waals surface area contributed by atoms with Crippen LogP contribution in [0.4, 0.5) is 0 Å². The summed E-state index contributed by atoms with van der Waals surface area (Å²) in [5, 5.41) is 2.76. The van der Waals surface area contributed by atoms with E-state index in [1.165, 1.54) is 25.7 Å². The SMILES string of the molecule is CCOC(=O)CCNC(=O)CCC1CCCC1. The van der Waals surface area contributed by atoms with Crippen LogP contribution in [-0.4, -0.2) is 25.0 Å². The summed E-state index contributed by atoms with van der Waals surface area (Å²) in [7, 11) is 0. The number of nitrogens with one attached hydrogen (secondary N) is 1. The minimum Gasteiger partial charge on any atom is -0.466 e. The van der Waals surface area contributed by atoms with Crippen molar-refractivity contribution in [2.45, 2.75) is 51.9 Å². The second-order valence-corrected chi connectivity index (χ2v) is 4.59. The molecule has 0 aromatic rings. The highest BCUT2D eigenvalue weighted by molar-refractivity contribution is 5.77. The lowest BCUT2D eigenvalue weighted by Crippen LogP contribution is -2.26. The number of hydrogen-bond donors (Lipinski definition) is 1. The van der Waals surface area contributed by atoms with Crippen LogP contribution in [0.2, 0.25) is 0 Å². The van der Waals surface area contributed by atoms with Gasteiger partial charge in [0.05, 0.1) is 13.0 Å². The molecule has 1 rings (SSSR count). The van der Waals surface area contributed by atoms with Crippen LogP contribution in [0.3, 0.4) is 0 Å². The second-order valence-electron chi connectivity index (χ2n) is 4.59. The molecule has 0 bridgehead atoms. The molecule has 0 spiro atoms. The first kappa shape index (κ1) is 14.0. The molecule has 0 radical (unpaired) electrons. The van der Waals surface area contributed by atoms with Gasteiger partial charge in [-0.1, -0.05) is 25.7 Å². The molecule has 17 heavy (non-hydrogen) atoms. The van der Waals surface area contributed by atoms with Gasteiger partial charge in [0.25, 0.3) is 0 Å². The highest BCUT2D eigenvalue weighted by atomic mass is 16.5. The number of rotatable bonds is 7. The van der Waals surface area contributed by atoms with Crippen LogP contribution < -0.4 is 5.32 Å². The quantitative estimate of drug-likeness (QED) is 0.694. The third kappa shape index (κ3) is 6.29. The molecule has 4 heteroatoms. The van der Waals surface area contributed by atoms with Gasteiger partial charge >= 0.3 is 5.97 Å². The Kier molecular flexibility index (Phi) is 6.67. The molecule has 0 heterocycles. The molecule has 1 aliphatic carbocycles. The molecule has 4 nitrogen and oxygen atoms in total. The van der Waals surface area contributed by atoms with Gasteiger partial charge < -0.3 is 10.1 Å². The molecule has 1 N–H and O–H groups in total. The molecule has 1 aliphatic rings. The van der Waals surface area contributed by atoms with Gasteiger partial charge in [-0.2, -0.15) is 0 Å². The smallest absolute Gasteiger partial charge is 0.307 e. The largest absolute Gasteiger partial charge is 0.466 e. The molecule has 0 aliphatic heterocycles. The van der Waals surface area contributed by atoms with Gasteiger partial charge in [-0.05, 0) is 19.3 Å². The van der Waals surface area contributed by atoms with Crippen molar-refractivity contribution in [3.8, 4) is 0 Å². The van der Waals surface area contributed by atoms with E-state index in [0.717, 1.165) is 12.3 Å². The monoisotopic (exact) mass is 241 g/mol. The first-order chi connectivity index (χ1) is 8.22. The maximum atomic E-state index is 11.5. The lowest BCUT2D eigenvalue weighted by atomic mass is 10.0. The number of carbonyl (C=O) groups excluding carboxylic acids is 2. The fourth-order valence-electron chi connectivity index (χ4n) is 2.26. The van der Waals surface area contributed by atoms with Crippen molar-refractivity contribution >= 4 is 11.9 Å². The van der Waals surface area contributed by atoms with Crippen LogP contribution in [0.1, 0.15) is 51.9 Å². The molecule has 98 valence electrons. The number of ether oxygens (including phenoxy) is 1. The molecule has 1 saturated carbocycles. The van der Waals surface area contributed by atoms with Crippen LogP contribution >= 0.6 is 0 Å². The van der Waals surface area contributed by atoms with Gasteiger partial charge in [-0.3, -0.25) is 9.59 Å². The van der Waals surface area contributed by atoms with E-state index in [2.05, 4.69) is 5.32 Å². The first-order valence-corrected chi connectivity index (χ1v) is 6.64. The van der Waals surface area contributed by atoms with Crippen molar-refractivity contribution in [1.82, 2.24) is 5.32 Å². The fourth-order valence-corrected chi connectivity index (χ4v) is 2.26. The van der Waals surface area contributed by atoms with E-state index in [1.54, 1.807) is 6.92 Å². The Balaban J connectivity index is 1.98. The van der Waals surface area contributed by atoms with Gasteiger partial charge in [0, 0.05) is 13.0 Å². The van der Waals surface area contributed by atoms with Crippen LogP contribution in [0, 0.1) is 5.92 Å². The van der Waals surface area contributed by atoms with E-state index in [4.69, 9.17) is 4.74 Å². The van der Waals surface area contributed by atoms with E-state index >= 15 is 0 Å². The molecule has 0 unspecified atom stereocenters. The number of esters is 1. The Morgan fingerprint density at radius 1 is 1.24 bits per heavy atom. The summed E-state index contributed by atoms with van der Waals surface area (Å²) in [6.45, 7) is 2.56. The van der Waals surface area contributed by atoms with E-state index in [-0.39, 0.29) is 18.3 Å². The Morgan fingerprint density at radius 2 is 1.94 bits per heavy atom. The van der Waals surface area contributed by atoms with Gasteiger partial charge in [0.1, 0.15) is 0 Å². The fraction of sp³-hybridized carbons (Fsp3) is 0.846. The van der Waals surface area contributed by atoms with Gasteiger partial charge in [-0.25, -0.2) is 0 Å². The summed E-state index contributed by atoms with van der Waals surface area (Å²) < 4.78 is 4.77. The van der Waals surface area contributed by atoms with E-state index in [1.807, 2.05) is 0 Å². The van der Waals surface area contributed by atoms with Crippen molar-refractivity contribution in [3.05, 3.63) is 0 Å². The normalized spacial score (nSPS) is 15.8. The van der Waals surface area contributed by atoms with Gasteiger partial charge in [0.2, 0.25) is 5.91 Å². The number of hydrogen-bond acceptors (Lipinski definition) is 3.